The van der Waals surface area contributed by atoms with Gasteiger partial charge in [-0.3, -0.25) is 14.5 Å². The average molecular weight is 590 g/mol. The van der Waals surface area contributed by atoms with Gasteiger partial charge in [0.05, 0.1) is 30.2 Å². The van der Waals surface area contributed by atoms with Crippen molar-refractivity contribution in [1.82, 2.24) is 24.7 Å². The number of Topliss-reactive ketones (excluding diaryl/α,β-unsaturated/α-hetero) is 1. The molecule has 1 aliphatic carbocycles. The van der Waals surface area contributed by atoms with E-state index in [0.29, 0.717) is 30.9 Å². The molecule has 3 N–H and O–H groups in total. The molecule has 0 amide bonds. The predicted molar refractivity (Wildman–Crippen MR) is 146 cm³/mol. The van der Waals surface area contributed by atoms with Crippen molar-refractivity contribution < 1.29 is 14.6 Å². The van der Waals surface area contributed by atoms with Crippen LogP contribution in [0, 0.1) is 0 Å². The number of aliphatic hydroxyl groups excluding tert-OH is 1. The van der Waals surface area contributed by atoms with Crippen molar-refractivity contribution in [3.8, 4) is 0 Å². The highest BCUT2D eigenvalue weighted by Gasteiger charge is 2.35. The second kappa shape index (κ2) is 14.3. The summed E-state index contributed by atoms with van der Waals surface area (Å²) in [6.07, 6.45) is 6.76. The molecular weight excluding hydrogens is 560 g/mol. The van der Waals surface area contributed by atoms with Crippen molar-refractivity contribution in [2.24, 2.45) is 5.73 Å². The normalized spacial score (nSPS) is 14.0. The number of nitrogens with zero attached hydrogens (tertiary/aromatic N) is 5. The molecule has 0 radical (unpaired) electrons. The quantitative estimate of drug-likeness (QED) is 0.322. The van der Waals surface area contributed by atoms with E-state index in [1.54, 1.807) is 19.5 Å². The van der Waals surface area contributed by atoms with Crippen LogP contribution >= 0.6 is 27.5 Å². The van der Waals surface area contributed by atoms with Gasteiger partial charge < -0.3 is 15.6 Å². The molecule has 0 saturated heterocycles. The molecule has 11 heteroatoms. The van der Waals surface area contributed by atoms with Gasteiger partial charge in [-0.2, -0.15) is 10.1 Å². The third-order valence-electron chi connectivity index (χ3n) is 5.54. The Balaban J connectivity index is 0.000000242. The number of ether oxygens (including phenoxy) is 1. The number of pyridine rings is 1. The summed E-state index contributed by atoms with van der Waals surface area (Å²) in [4.78, 5) is 25.1. The Labute approximate surface area is 229 Å². The maximum Gasteiger partial charge on any atom is 0.224 e. The predicted octanol–water partition coefficient (Wildman–Crippen LogP) is 4.07. The number of aromatic nitrogens is 5. The molecule has 0 spiro atoms. The number of halogens is 2. The molecule has 3 heterocycles. The van der Waals surface area contributed by atoms with E-state index in [9.17, 15) is 4.79 Å². The van der Waals surface area contributed by atoms with Crippen molar-refractivity contribution in [3.63, 3.8) is 0 Å². The lowest BCUT2D eigenvalue weighted by Crippen LogP contribution is -2.11. The first kappa shape index (κ1) is 28.8. The van der Waals surface area contributed by atoms with Gasteiger partial charge >= 0.3 is 0 Å². The van der Waals surface area contributed by atoms with E-state index >= 15 is 0 Å². The summed E-state index contributed by atoms with van der Waals surface area (Å²) in [6, 6.07) is 9.73. The van der Waals surface area contributed by atoms with Crippen LogP contribution in [0.15, 0.2) is 53.4 Å². The highest BCUT2D eigenvalue weighted by Crippen LogP contribution is 2.39. The SMILES string of the molecule is CCCn1cc2c(C3C(=O)Cc4ccc(Br)cc43)nc(Cl)nc2n1.COCCO.NCc1ccncc1. The lowest BCUT2D eigenvalue weighted by molar-refractivity contribution is -0.118. The molecule has 1 atom stereocenters. The molecule has 0 aliphatic heterocycles. The van der Waals surface area contributed by atoms with Gasteiger partial charge in [0.25, 0.3) is 0 Å². The minimum absolute atomic E-state index is 0.121. The molecule has 3 aromatic heterocycles. The highest BCUT2D eigenvalue weighted by atomic mass is 79.9. The molecule has 37 heavy (non-hydrogen) atoms. The van der Waals surface area contributed by atoms with Crippen molar-refractivity contribution in [2.75, 3.05) is 20.3 Å². The smallest absolute Gasteiger partial charge is 0.224 e. The Morgan fingerprint density at radius 2 is 2.00 bits per heavy atom. The van der Waals surface area contributed by atoms with Gasteiger partial charge in [-0.1, -0.05) is 28.9 Å². The van der Waals surface area contributed by atoms with Gasteiger partial charge in [0.2, 0.25) is 5.28 Å². The first-order valence-corrected chi connectivity index (χ1v) is 13.0. The fraction of sp³-hybridized carbons (Fsp3) is 0.346. The highest BCUT2D eigenvalue weighted by molar-refractivity contribution is 9.10. The molecule has 9 nitrogen and oxygen atoms in total. The van der Waals surface area contributed by atoms with E-state index in [1.165, 1.54) is 0 Å². The number of benzene rings is 1. The number of carbonyl (C=O) groups excluding carboxylic acids is 1. The van der Waals surface area contributed by atoms with E-state index in [0.717, 1.165) is 39.5 Å². The average Bonchev–Trinajstić information content (AvgIpc) is 3.44. The van der Waals surface area contributed by atoms with Crippen LogP contribution in [-0.4, -0.2) is 55.9 Å². The van der Waals surface area contributed by atoms with Crippen LogP contribution in [0.3, 0.4) is 0 Å². The molecule has 196 valence electrons. The molecule has 1 aliphatic rings. The third-order valence-corrected chi connectivity index (χ3v) is 6.20. The number of methoxy groups -OCH3 is 1. The molecule has 1 aromatic carbocycles. The standard InChI is InChI=1S/C17H14BrClN4O.C6H8N2.C3H8O2/c1-2-5-23-8-12-15(20-17(19)21-16(12)22-23)14-11-7-10(18)4-3-9(11)6-13(14)24;7-5-6-1-3-8-4-2-6;1-5-3-2-4/h3-4,7-8,14H,2,5-6H2,1H3;1-4H,5,7H2;4H,2-3H2,1H3. The summed E-state index contributed by atoms with van der Waals surface area (Å²) in [5.74, 6) is -0.290. The van der Waals surface area contributed by atoms with Crippen molar-refractivity contribution in [1.29, 1.82) is 0 Å². The topological polar surface area (TPSA) is 129 Å². The van der Waals surface area contributed by atoms with Crippen molar-refractivity contribution >= 4 is 44.3 Å². The number of hydrogen-bond acceptors (Lipinski definition) is 8. The molecular formula is C26H30BrClN6O3. The number of aryl methyl sites for hydroxylation is 1. The van der Waals surface area contributed by atoms with Crippen molar-refractivity contribution in [2.45, 2.75) is 38.8 Å². The maximum absolute atomic E-state index is 12.7. The Bertz CT molecular complexity index is 1320. The van der Waals surface area contributed by atoms with Gasteiger partial charge in [0.1, 0.15) is 0 Å². The second-order valence-electron chi connectivity index (χ2n) is 8.20. The van der Waals surface area contributed by atoms with Gasteiger partial charge in [0, 0.05) is 49.7 Å². The minimum Gasteiger partial charge on any atom is -0.394 e. The number of ketones is 1. The molecule has 4 aromatic rings. The van der Waals surface area contributed by atoms with Gasteiger partial charge in [-0.25, -0.2) is 4.98 Å². The summed E-state index contributed by atoms with van der Waals surface area (Å²) < 4.78 is 7.22. The Morgan fingerprint density at radius 3 is 2.59 bits per heavy atom. The van der Waals surface area contributed by atoms with Crippen LogP contribution in [0.2, 0.25) is 5.28 Å². The molecule has 0 bridgehead atoms. The fourth-order valence-electron chi connectivity index (χ4n) is 3.88. The third kappa shape index (κ3) is 7.62. The zero-order chi connectivity index (χ0) is 26.8. The lowest BCUT2D eigenvalue weighted by Gasteiger charge is -2.11. The van der Waals surface area contributed by atoms with E-state index in [4.69, 9.17) is 22.4 Å². The number of fused-ring (bicyclic) bond motifs is 2. The van der Waals surface area contributed by atoms with E-state index in [2.05, 4.69) is 47.6 Å². The summed E-state index contributed by atoms with van der Waals surface area (Å²) in [5.41, 5.74) is 9.65. The van der Waals surface area contributed by atoms with E-state index < -0.39 is 5.92 Å². The number of carbonyl (C=O) groups is 1. The van der Waals surface area contributed by atoms with Crippen LogP contribution in [0.1, 0.15) is 41.6 Å². The summed E-state index contributed by atoms with van der Waals surface area (Å²) in [6.45, 7) is 4.04. The number of rotatable bonds is 6. The van der Waals surface area contributed by atoms with E-state index in [1.807, 2.05) is 41.2 Å². The number of aliphatic hydroxyl groups is 1. The first-order chi connectivity index (χ1) is 17.9. The Kier molecular flexibility index (Phi) is 11.1. The molecule has 0 saturated carbocycles. The lowest BCUT2D eigenvalue weighted by atomic mass is 9.95. The minimum atomic E-state index is -0.417. The maximum atomic E-state index is 12.7. The number of nitrogens with two attached hydrogens (primary N) is 1. The monoisotopic (exact) mass is 588 g/mol. The van der Waals surface area contributed by atoms with Crippen LogP contribution in [0.5, 0.6) is 0 Å². The van der Waals surface area contributed by atoms with Gasteiger partial charge in [-0.15, -0.1) is 0 Å². The van der Waals surface area contributed by atoms with Gasteiger partial charge in [0.15, 0.2) is 11.4 Å². The van der Waals surface area contributed by atoms with E-state index in [-0.39, 0.29) is 17.7 Å². The fourth-order valence-corrected chi connectivity index (χ4v) is 4.43. The van der Waals surface area contributed by atoms with Crippen LogP contribution in [0.25, 0.3) is 11.0 Å². The summed E-state index contributed by atoms with van der Waals surface area (Å²) >= 11 is 9.59. The summed E-state index contributed by atoms with van der Waals surface area (Å²) in [7, 11) is 1.55. The Morgan fingerprint density at radius 1 is 1.24 bits per heavy atom. The molecule has 0 fully saturated rings. The first-order valence-electron chi connectivity index (χ1n) is 11.8. The van der Waals surface area contributed by atoms with Crippen molar-refractivity contribution in [3.05, 3.63) is 81.1 Å². The molecule has 1 unspecified atom stereocenters. The second-order valence-corrected chi connectivity index (χ2v) is 9.46. The number of hydrogen-bond donors (Lipinski definition) is 2. The zero-order valence-corrected chi connectivity index (χ0v) is 23.1. The van der Waals surface area contributed by atoms with Gasteiger partial charge in [-0.05, 0) is 59.0 Å². The Hall–Kier alpha value is -2.76. The molecule has 5 rings (SSSR count). The zero-order valence-electron chi connectivity index (χ0n) is 20.8. The van der Waals surface area contributed by atoms with Crippen LogP contribution < -0.4 is 5.73 Å². The van der Waals surface area contributed by atoms with Crippen LogP contribution in [-0.2, 0) is 29.0 Å². The largest absolute Gasteiger partial charge is 0.394 e. The van der Waals surface area contributed by atoms with Crippen LogP contribution in [0.4, 0.5) is 0 Å². The summed E-state index contributed by atoms with van der Waals surface area (Å²) in [5, 5.41) is 13.3.